The summed E-state index contributed by atoms with van der Waals surface area (Å²) in [7, 11) is -4.18. The molecule has 0 atom stereocenters. The number of H-pyrrole nitrogens is 1. The van der Waals surface area contributed by atoms with Crippen LogP contribution in [0.2, 0.25) is 5.02 Å². The number of aryl methyl sites for hydroxylation is 1. The van der Waals surface area contributed by atoms with Crippen molar-refractivity contribution in [3.63, 3.8) is 0 Å². The van der Waals surface area contributed by atoms with Gasteiger partial charge in [0, 0.05) is 35.4 Å². The van der Waals surface area contributed by atoms with Crippen LogP contribution in [0.1, 0.15) is 31.4 Å². The minimum absolute atomic E-state index is 0.0638. The first-order valence-corrected chi connectivity index (χ1v) is 14.3. The minimum Gasteiger partial charge on any atom is -0.474 e. The van der Waals surface area contributed by atoms with Crippen molar-refractivity contribution in [1.82, 2.24) is 25.1 Å². The molecule has 1 saturated heterocycles. The third kappa shape index (κ3) is 5.05. The zero-order chi connectivity index (χ0) is 26.4. The number of benzene rings is 2. The van der Waals surface area contributed by atoms with Crippen LogP contribution >= 0.6 is 11.6 Å². The molecular weight excluding hydrogens is 531 g/mol. The summed E-state index contributed by atoms with van der Waals surface area (Å²) in [6.07, 6.45) is 4.54. The summed E-state index contributed by atoms with van der Waals surface area (Å²) in [5, 5.41) is 8.12. The number of aromatic amines is 1. The van der Waals surface area contributed by atoms with Gasteiger partial charge in [-0.05, 0) is 75.1 Å². The maximum absolute atomic E-state index is 14.1. The summed E-state index contributed by atoms with van der Waals surface area (Å²) in [4.78, 5) is 11.4. The number of ether oxygens (including phenoxy) is 1. The van der Waals surface area contributed by atoms with E-state index in [4.69, 9.17) is 21.3 Å². The number of likely N-dealkylation sites (tertiary alicyclic amines) is 1. The lowest BCUT2D eigenvalue weighted by Crippen LogP contribution is -2.39. The molecule has 1 aliphatic heterocycles. The molecule has 38 heavy (non-hydrogen) atoms. The average molecular weight is 557 g/mol. The second-order valence-electron chi connectivity index (χ2n) is 9.73. The molecule has 2 aromatic heterocycles. The molecule has 198 valence electrons. The molecule has 1 saturated carbocycles. The Morgan fingerprint density at radius 2 is 1.82 bits per heavy atom. The van der Waals surface area contributed by atoms with Gasteiger partial charge in [-0.2, -0.15) is 10.1 Å². The lowest BCUT2D eigenvalue weighted by molar-refractivity contribution is 0.0943. The van der Waals surface area contributed by atoms with Gasteiger partial charge in [0.2, 0.25) is 5.88 Å². The molecular formula is C26H26ClFN6O3S. The van der Waals surface area contributed by atoms with Crippen LogP contribution in [-0.2, 0) is 10.0 Å². The molecule has 3 heterocycles. The number of piperidine rings is 1. The fourth-order valence-electron chi connectivity index (χ4n) is 4.79. The first-order chi connectivity index (χ1) is 18.3. The van der Waals surface area contributed by atoms with Crippen LogP contribution in [0, 0.1) is 12.7 Å². The zero-order valence-electron chi connectivity index (χ0n) is 20.6. The predicted molar refractivity (Wildman–Crippen MR) is 142 cm³/mol. The number of hydrogen-bond donors (Lipinski definition) is 2. The number of rotatable bonds is 7. The van der Waals surface area contributed by atoms with Gasteiger partial charge < -0.3 is 9.64 Å². The van der Waals surface area contributed by atoms with E-state index in [-0.39, 0.29) is 16.8 Å². The molecule has 9 nitrogen and oxygen atoms in total. The van der Waals surface area contributed by atoms with Gasteiger partial charge in [0.25, 0.3) is 10.0 Å². The highest BCUT2D eigenvalue weighted by Gasteiger charge is 2.33. The summed E-state index contributed by atoms with van der Waals surface area (Å²) in [6, 6.07) is 10.6. The van der Waals surface area contributed by atoms with Crippen LogP contribution in [-0.4, -0.2) is 58.7 Å². The number of sulfonamides is 1. The van der Waals surface area contributed by atoms with E-state index < -0.39 is 20.7 Å². The average Bonchev–Trinajstić information content (AvgIpc) is 3.68. The minimum atomic E-state index is -4.18. The summed E-state index contributed by atoms with van der Waals surface area (Å²) >= 11 is 5.86. The van der Waals surface area contributed by atoms with Crippen LogP contribution in [0.5, 0.6) is 5.88 Å². The standard InChI is InChI=1S/C26H26ClFN6O3S/c1-15-23-25(32-31-15)29-24(30-26(23)37-20-10-12-34(13-11-20)19-7-8-19)16-2-5-18(6-3-16)33-38(35,36)22-14-17(27)4-9-21(22)28/h2-6,9,14,19-20,33H,7-8,10-13H2,1H3,(H,29,30,31,32). The van der Waals surface area contributed by atoms with E-state index in [0.717, 1.165) is 55.2 Å². The van der Waals surface area contributed by atoms with E-state index in [1.807, 2.05) is 6.92 Å². The van der Waals surface area contributed by atoms with E-state index in [1.165, 1.54) is 18.9 Å². The van der Waals surface area contributed by atoms with Gasteiger partial charge in [0.15, 0.2) is 11.5 Å². The van der Waals surface area contributed by atoms with Gasteiger partial charge in [-0.15, -0.1) is 0 Å². The number of halogens is 2. The molecule has 0 bridgehead atoms. The summed E-state index contributed by atoms with van der Waals surface area (Å²) in [6.45, 7) is 3.93. The van der Waals surface area contributed by atoms with Crippen molar-refractivity contribution >= 4 is 38.3 Å². The Morgan fingerprint density at radius 3 is 2.53 bits per heavy atom. The fourth-order valence-corrected chi connectivity index (χ4v) is 6.19. The highest BCUT2D eigenvalue weighted by Crippen LogP contribution is 2.33. The van der Waals surface area contributed by atoms with Gasteiger partial charge >= 0.3 is 0 Å². The van der Waals surface area contributed by atoms with Gasteiger partial charge in [-0.1, -0.05) is 11.6 Å². The summed E-state index contributed by atoms with van der Waals surface area (Å²) in [5.74, 6) is 0.0185. The highest BCUT2D eigenvalue weighted by molar-refractivity contribution is 7.92. The molecule has 0 radical (unpaired) electrons. The van der Waals surface area contributed by atoms with Crippen molar-refractivity contribution in [2.45, 2.75) is 49.6 Å². The van der Waals surface area contributed by atoms with Crippen molar-refractivity contribution < 1.29 is 17.5 Å². The molecule has 2 fully saturated rings. The normalized spacial score (nSPS) is 17.1. The third-order valence-corrected chi connectivity index (χ3v) is 8.59. The molecule has 0 spiro atoms. The number of hydrogen-bond acceptors (Lipinski definition) is 7. The first kappa shape index (κ1) is 25.0. The maximum Gasteiger partial charge on any atom is 0.264 e. The number of nitrogens with one attached hydrogen (secondary N) is 2. The summed E-state index contributed by atoms with van der Waals surface area (Å²) in [5.41, 5.74) is 2.24. The number of anilines is 1. The molecule has 1 aliphatic carbocycles. The molecule has 6 rings (SSSR count). The molecule has 4 aromatic rings. The Hall–Kier alpha value is -3.28. The SMILES string of the molecule is Cc1n[nH]c2nc(-c3ccc(NS(=O)(=O)c4cc(Cl)ccc4F)cc3)nc(OC3CCN(C4CC4)CC3)c12. The molecule has 2 aliphatic rings. The Labute approximate surface area is 224 Å². The van der Waals surface area contributed by atoms with E-state index in [2.05, 4.69) is 24.8 Å². The van der Waals surface area contributed by atoms with Gasteiger partial charge in [-0.25, -0.2) is 17.8 Å². The molecule has 2 N–H and O–H groups in total. The van der Waals surface area contributed by atoms with E-state index in [0.29, 0.717) is 22.9 Å². The van der Waals surface area contributed by atoms with Gasteiger partial charge in [-0.3, -0.25) is 9.82 Å². The molecule has 0 unspecified atom stereocenters. The van der Waals surface area contributed by atoms with Crippen molar-refractivity contribution in [3.05, 3.63) is 59.0 Å². The van der Waals surface area contributed by atoms with Crippen LogP contribution in [0.3, 0.4) is 0 Å². The van der Waals surface area contributed by atoms with Crippen LogP contribution in [0.25, 0.3) is 22.4 Å². The van der Waals surface area contributed by atoms with Crippen molar-refractivity contribution in [1.29, 1.82) is 0 Å². The topological polar surface area (TPSA) is 113 Å². The van der Waals surface area contributed by atoms with E-state index >= 15 is 0 Å². The lowest BCUT2D eigenvalue weighted by atomic mass is 10.1. The van der Waals surface area contributed by atoms with Crippen molar-refractivity contribution in [2.75, 3.05) is 17.8 Å². The molecule has 2 aromatic carbocycles. The second-order valence-corrected chi connectivity index (χ2v) is 11.8. The molecule has 12 heteroatoms. The largest absolute Gasteiger partial charge is 0.474 e. The van der Waals surface area contributed by atoms with Crippen LogP contribution < -0.4 is 9.46 Å². The molecule has 0 amide bonds. The highest BCUT2D eigenvalue weighted by atomic mass is 35.5. The zero-order valence-corrected chi connectivity index (χ0v) is 22.2. The Bertz CT molecular complexity index is 1600. The Kier molecular flexibility index (Phi) is 6.45. The maximum atomic E-state index is 14.1. The number of nitrogens with zero attached hydrogens (tertiary/aromatic N) is 4. The smallest absolute Gasteiger partial charge is 0.264 e. The summed E-state index contributed by atoms with van der Waals surface area (Å²) < 4.78 is 48.3. The second kappa shape index (κ2) is 9.79. The lowest BCUT2D eigenvalue weighted by Gasteiger charge is -2.32. The first-order valence-electron chi connectivity index (χ1n) is 12.5. The Balaban J connectivity index is 1.24. The van der Waals surface area contributed by atoms with E-state index in [1.54, 1.807) is 24.3 Å². The monoisotopic (exact) mass is 556 g/mol. The van der Waals surface area contributed by atoms with Gasteiger partial charge in [0.1, 0.15) is 22.2 Å². The van der Waals surface area contributed by atoms with Crippen molar-refractivity contribution in [3.8, 4) is 17.3 Å². The predicted octanol–water partition coefficient (Wildman–Crippen LogP) is 4.93. The Morgan fingerprint density at radius 1 is 1.08 bits per heavy atom. The number of aromatic nitrogens is 4. The third-order valence-electron chi connectivity index (χ3n) is 6.96. The van der Waals surface area contributed by atoms with Crippen LogP contribution in [0.15, 0.2) is 47.4 Å². The van der Waals surface area contributed by atoms with Gasteiger partial charge in [0.05, 0.1) is 5.69 Å². The number of fused-ring (bicyclic) bond motifs is 1. The van der Waals surface area contributed by atoms with E-state index in [9.17, 15) is 12.8 Å². The fraction of sp³-hybridized carbons (Fsp3) is 0.346. The quantitative estimate of drug-likeness (QED) is 0.332. The van der Waals surface area contributed by atoms with Crippen LogP contribution in [0.4, 0.5) is 10.1 Å². The van der Waals surface area contributed by atoms with Crippen molar-refractivity contribution in [2.24, 2.45) is 0 Å².